The Morgan fingerprint density at radius 2 is 2.46 bits per heavy atom. The Morgan fingerprint density at radius 1 is 1.77 bits per heavy atom. The molecular formula is C8H9BrN2O2. The molecule has 1 N–H and O–H groups in total. The topological polar surface area (TPSA) is 55.1 Å². The maximum atomic E-state index is 10.6. The molecule has 1 aromatic heterocycles. The van der Waals surface area contributed by atoms with Crippen molar-refractivity contribution in [1.82, 2.24) is 9.78 Å². The SMILES string of the molecule is O=C(O)c1nn(CC2CC2)cc1Br. The van der Waals surface area contributed by atoms with Gasteiger partial charge in [-0.15, -0.1) is 0 Å². The van der Waals surface area contributed by atoms with E-state index in [1.807, 2.05) is 0 Å². The van der Waals surface area contributed by atoms with Crippen LogP contribution < -0.4 is 0 Å². The quantitative estimate of drug-likeness (QED) is 0.882. The molecule has 0 amide bonds. The summed E-state index contributed by atoms with van der Waals surface area (Å²) in [7, 11) is 0. The summed E-state index contributed by atoms with van der Waals surface area (Å²) in [6.07, 6.45) is 4.20. The van der Waals surface area contributed by atoms with Crippen LogP contribution in [0.25, 0.3) is 0 Å². The van der Waals surface area contributed by atoms with E-state index in [0.717, 1.165) is 6.54 Å². The van der Waals surface area contributed by atoms with Gasteiger partial charge in [0.05, 0.1) is 4.47 Å². The normalized spacial score (nSPS) is 16.1. The van der Waals surface area contributed by atoms with Gasteiger partial charge in [-0.2, -0.15) is 5.10 Å². The molecule has 0 unspecified atom stereocenters. The average molecular weight is 245 g/mol. The molecule has 0 aromatic carbocycles. The number of halogens is 1. The number of aromatic carboxylic acids is 1. The second-order valence-corrected chi connectivity index (χ2v) is 4.15. The minimum absolute atomic E-state index is 0.0978. The molecule has 1 heterocycles. The summed E-state index contributed by atoms with van der Waals surface area (Å²) in [5, 5.41) is 12.7. The van der Waals surface area contributed by atoms with Gasteiger partial charge in [-0.05, 0) is 34.7 Å². The maximum Gasteiger partial charge on any atom is 0.357 e. The molecule has 2 rings (SSSR count). The summed E-state index contributed by atoms with van der Waals surface area (Å²) in [6, 6.07) is 0. The van der Waals surface area contributed by atoms with Crippen LogP contribution >= 0.6 is 15.9 Å². The predicted octanol–water partition coefficient (Wildman–Crippen LogP) is 1.75. The van der Waals surface area contributed by atoms with Crippen molar-refractivity contribution in [1.29, 1.82) is 0 Å². The number of hydrogen-bond donors (Lipinski definition) is 1. The van der Waals surface area contributed by atoms with Gasteiger partial charge in [-0.25, -0.2) is 4.79 Å². The third-order valence-corrected chi connectivity index (χ3v) is 2.64. The Morgan fingerprint density at radius 3 is 2.92 bits per heavy atom. The molecule has 0 radical (unpaired) electrons. The van der Waals surface area contributed by atoms with Crippen molar-refractivity contribution in [2.24, 2.45) is 5.92 Å². The number of aromatic nitrogens is 2. The molecule has 0 bridgehead atoms. The smallest absolute Gasteiger partial charge is 0.357 e. The molecule has 0 atom stereocenters. The van der Waals surface area contributed by atoms with Crippen molar-refractivity contribution in [2.75, 3.05) is 0 Å². The largest absolute Gasteiger partial charge is 0.476 e. The summed E-state index contributed by atoms with van der Waals surface area (Å²) >= 11 is 3.16. The van der Waals surface area contributed by atoms with Crippen LogP contribution in [0, 0.1) is 5.92 Å². The Labute approximate surface area is 83.7 Å². The van der Waals surface area contributed by atoms with Crippen LogP contribution in [0.4, 0.5) is 0 Å². The van der Waals surface area contributed by atoms with Crippen LogP contribution in [0.5, 0.6) is 0 Å². The van der Waals surface area contributed by atoms with Crippen LogP contribution in [0.3, 0.4) is 0 Å². The Kier molecular flexibility index (Phi) is 2.11. The molecule has 1 saturated carbocycles. The highest BCUT2D eigenvalue weighted by Crippen LogP contribution is 2.30. The third kappa shape index (κ3) is 1.91. The summed E-state index contributed by atoms with van der Waals surface area (Å²) < 4.78 is 2.26. The summed E-state index contributed by atoms with van der Waals surface area (Å²) in [5.41, 5.74) is 0.0978. The summed E-state index contributed by atoms with van der Waals surface area (Å²) in [6.45, 7) is 0.839. The minimum atomic E-state index is -0.985. The minimum Gasteiger partial charge on any atom is -0.476 e. The molecule has 1 aliphatic carbocycles. The van der Waals surface area contributed by atoms with Gasteiger partial charge >= 0.3 is 5.97 Å². The number of carboxylic acid groups (broad SMARTS) is 1. The van der Waals surface area contributed by atoms with E-state index in [4.69, 9.17) is 5.11 Å². The molecule has 0 spiro atoms. The van der Waals surface area contributed by atoms with E-state index in [1.165, 1.54) is 12.8 Å². The second kappa shape index (κ2) is 3.14. The highest BCUT2D eigenvalue weighted by atomic mass is 79.9. The van der Waals surface area contributed by atoms with E-state index in [2.05, 4.69) is 21.0 Å². The van der Waals surface area contributed by atoms with Gasteiger partial charge in [-0.3, -0.25) is 4.68 Å². The monoisotopic (exact) mass is 244 g/mol. The summed E-state index contributed by atoms with van der Waals surface area (Å²) in [5.74, 6) is -0.283. The van der Waals surface area contributed by atoms with Crippen LogP contribution in [0.1, 0.15) is 23.3 Å². The molecule has 1 aliphatic rings. The van der Waals surface area contributed by atoms with Crippen molar-refractivity contribution < 1.29 is 9.90 Å². The van der Waals surface area contributed by atoms with E-state index in [9.17, 15) is 4.79 Å². The van der Waals surface area contributed by atoms with E-state index < -0.39 is 5.97 Å². The van der Waals surface area contributed by atoms with Gasteiger partial charge < -0.3 is 5.11 Å². The van der Waals surface area contributed by atoms with E-state index in [0.29, 0.717) is 10.4 Å². The van der Waals surface area contributed by atoms with Crippen molar-refractivity contribution >= 4 is 21.9 Å². The molecule has 1 aromatic rings. The van der Waals surface area contributed by atoms with E-state index >= 15 is 0 Å². The highest BCUT2D eigenvalue weighted by molar-refractivity contribution is 9.10. The fraction of sp³-hybridized carbons (Fsp3) is 0.500. The van der Waals surface area contributed by atoms with Gasteiger partial charge in [0.1, 0.15) is 0 Å². The van der Waals surface area contributed by atoms with Crippen molar-refractivity contribution in [3.05, 3.63) is 16.4 Å². The van der Waals surface area contributed by atoms with Gasteiger partial charge in [-0.1, -0.05) is 0 Å². The number of nitrogens with zero attached hydrogens (tertiary/aromatic N) is 2. The lowest BCUT2D eigenvalue weighted by atomic mass is 10.4. The maximum absolute atomic E-state index is 10.6. The molecule has 1 fully saturated rings. The number of carboxylic acids is 1. The molecular weight excluding hydrogens is 236 g/mol. The van der Waals surface area contributed by atoms with E-state index in [-0.39, 0.29) is 5.69 Å². The first-order chi connectivity index (χ1) is 6.16. The summed E-state index contributed by atoms with van der Waals surface area (Å²) in [4.78, 5) is 10.6. The van der Waals surface area contributed by atoms with Gasteiger partial charge in [0.25, 0.3) is 0 Å². The second-order valence-electron chi connectivity index (χ2n) is 3.30. The van der Waals surface area contributed by atoms with Crippen LogP contribution in [-0.2, 0) is 6.54 Å². The third-order valence-electron chi connectivity index (χ3n) is 2.06. The molecule has 5 heteroatoms. The molecule has 0 saturated heterocycles. The van der Waals surface area contributed by atoms with E-state index in [1.54, 1.807) is 10.9 Å². The number of rotatable bonds is 3. The zero-order chi connectivity index (χ0) is 9.42. The lowest BCUT2D eigenvalue weighted by Gasteiger charge is -1.95. The number of carbonyl (C=O) groups is 1. The molecule has 4 nitrogen and oxygen atoms in total. The lowest BCUT2D eigenvalue weighted by Crippen LogP contribution is -2.03. The average Bonchev–Trinajstić information content (AvgIpc) is 2.75. The standard InChI is InChI=1S/C8H9BrN2O2/c9-6-4-11(3-5-1-2-5)10-7(6)8(12)13/h4-5H,1-3H2,(H,12,13). The van der Waals surface area contributed by atoms with Gasteiger partial charge in [0, 0.05) is 12.7 Å². The molecule has 70 valence electrons. The van der Waals surface area contributed by atoms with Crippen LogP contribution in [0.2, 0.25) is 0 Å². The Hall–Kier alpha value is -0.840. The zero-order valence-corrected chi connectivity index (χ0v) is 8.49. The van der Waals surface area contributed by atoms with Crippen LogP contribution in [0.15, 0.2) is 10.7 Å². The molecule has 13 heavy (non-hydrogen) atoms. The zero-order valence-electron chi connectivity index (χ0n) is 6.90. The Balaban J connectivity index is 2.18. The van der Waals surface area contributed by atoms with Gasteiger partial charge in [0.2, 0.25) is 0 Å². The predicted molar refractivity (Wildman–Crippen MR) is 49.6 cm³/mol. The fourth-order valence-corrected chi connectivity index (χ4v) is 1.69. The van der Waals surface area contributed by atoms with Crippen molar-refractivity contribution in [3.8, 4) is 0 Å². The highest BCUT2D eigenvalue weighted by Gasteiger charge is 2.23. The van der Waals surface area contributed by atoms with Crippen LogP contribution in [-0.4, -0.2) is 20.9 Å². The first-order valence-electron chi connectivity index (χ1n) is 4.13. The van der Waals surface area contributed by atoms with Crippen molar-refractivity contribution in [3.63, 3.8) is 0 Å². The van der Waals surface area contributed by atoms with Gasteiger partial charge in [0.15, 0.2) is 5.69 Å². The first-order valence-corrected chi connectivity index (χ1v) is 4.92. The Bertz CT molecular complexity index is 344. The molecule has 0 aliphatic heterocycles. The number of hydrogen-bond acceptors (Lipinski definition) is 2. The van der Waals surface area contributed by atoms with Crippen molar-refractivity contribution in [2.45, 2.75) is 19.4 Å². The first kappa shape index (κ1) is 8.74. The lowest BCUT2D eigenvalue weighted by molar-refractivity contribution is 0.0688. The fourth-order valence-electron chi connectivity index (χ4n) is 1.20.